The molecule has 0 spiro atoms. The number of hydrogen-bond donors (Lipinski definition) is 3. The van der Waals surface area contributed by atoms with Crippen LogP contribution in [0.2, 0.25) is 0 Å². The monoisotopic (exact) mass is 278 g/mol. The maximum absolute atomic E-state index is 11.9. The number of carbonyl (C=O) groups excluding carboxylic acids is 2. The summed E-state index contributed by atoms with van der Waals surface area (Å²) in [5, 5.41) is 8.49. The van der Waals surface area contributed by atoms with Gasteiger partial charge in [0, 0.05) is 26.1 Å². The summed E-state index contributed by atoms with van der Waals surface area (Å²) in [6, 6.07) is 5.22. The summed E-state index contributed by atoms with van der Waals surface area (Å²) in [4.78, 5) is 27.4. The SMILES string of the molecule is CCCNC(=O)CCNC(=O)c1cccc(NCC)n1. The van der Waals surface area contributed by atoms with Gasteiger partial charge < -0.3 is 16.0 Å². The first-order valence-electron chi connectivity index (χ1n) is 6.93. The van der Waals surface area contributed by atoms with E-state index in [1.165, 1.54) is 0 Å². The molecule has 20 heavy (non-hydrogen) atoms. The van der Waals surface area contributed by atoms with E-state index < -0.39 is 0 Å². The molecule has 6 nitrogen and oxygen atoms in total. The molecule has 0 aromatic carbocycles. The molecule has 0 radical (unpaired) electrons. The third-order valence-electron chi connectivity index (χ3n) is 2.55. The van der Waals surface area contributed by atoms with Crippen molar-refractivity contribution in [2.75, 3.05) is 25.0 Å². The fourth-order valence-corrected chi connectivity index (χ4v) is 1.57. The van der Waals surface area contributed by atoms with Crippen LogP contribution in [-0.4, -0.2) is 36.4 Å². The van der Waals surface area contributed by atoms with Gasteiger partial charge in [0.05, 0.1) is 0 Å². The van der Waals surface area contributed by atoms with E-state index in [1.807, 2.05) is 13.8 Å². The second-order valence-corrected chi connectivity index (χ2v) is 4.29. The van der Waals surface area contributed by atoms with Crippen LogP contribution in [0.25, 0.3) is 0 Å². The molecule has 6 heteroatoms. The molecule has 1 heterocycles. The maximum atomic E-state index is 11.9. The van der Waals surface area contributed by atoms with Crippen LogP contribution < -0.4 is 16.0 Å². The van der Waals surface area contributed by atoms with Crippen LogP contribution in [0.4, 0.5) is 5.82 Å². The summed E-state index contributed by atoms with van der Waals surface area (Å²) in [7, 11) is 0. The third kappa shape index (κ3) is 5.69. The van der Waals surface area contributed by atoms with Crippen LogP contribution in [0.1, 0.15) is 37.2 Å². The highest BCUT2D eigenvalue weighted by Gasteiger charge is 2.08. The van der Waals surface area contributed by atoms with Crippen LogP contribution >= 0.6 is 0 Å². The zero-order valence-corrected chi connectivity index (χ0v) is 12.0. The number of nitrogens with one attached hydrogen (secondary N) is 3. The number of carbonyl (C=O) groups is 2. The molecule has 0 aliphatic rings. The zero-order valence-electron chi connectivity index (χ0n) is 12.0. The van der Waals surface area contributed by atoms with Crippen LogP contribution in [0.5, 0.6) is 0 Å². The largest absolute Gasteiger partial charge is 0.370 e. The van der Waals surface area contributed by atoms with Crippen LogP contribution in [0.15, 0.2) is 18.2 Å². The van der Waals surface area contributed by atoms with Gasteiger partial charge in [-0.3, -0.25) is 9.59 Å². The molecular weight excluding hydrogens is 256 g/mol. The van der Waals surface area contributed by atoms with Gasteiger partial charge in [-0.05, 0) is 25.5 Å². The number of amides is 2. The summed E-state index contributed by atoms with van der Waals surface area (Å²) in [5.74, 6) is 0.343. The lowest BCUT2D eigenvalue weighted by atomic mass is 10.3. The number of rotatable bonds is 8. The fraction of sp³-hybridized carbons (Fsp3) is 0.500. The predicted molar refractivity (Wildman–Crippen MR) is 78.7 cm³/mol. The molecular formula is C14H22N4O2. The first-order valence-corrected chi connectivity index (χ1v) is 6.93. The zero-order chi connectivity index (χ0) is 14.8. The van der Waals surface area contributed by atoms with Gasteiger partial charge in [-0.1, -0.05) is 13.0 Å². The van der Waals surface area contributed by atoms with Gasteiger partial charge in [-0.25, -0.2) is 4.98 Å². The molecule has 3 N–H and O–H groups in total. The van der Waals surface area contributed by atoms with E-state index in [1.54, 1.807) is 18.2 Å². The van der Waals surface area contributed by atoms with Crippen molar-refractivity contribution in [3.63, 3.8) is 0 Å². The Hall–Kier alpha value is -2.11. The smallest absolute Gasteiger partial charge is 0.269 e. The predicted octanol–water partition coefficient (Wildman–Crippen LogP) is 1.16. The topological polar surface area (TPSA) is 83.1 Å². The number of anilines is 1. The van der Waals surface area contributed by atoms with Crippen molar-refractivity contribution >= 4 is 17.6 Å². The first-order chi connectivity index (χ1) is 9.67. The summed E-state index contributed by atoms with van der Waals surface area (Å²) in [6.45, 7) is 5.67. The lowest BCUT2D eigenvalue weighted by molar-refractivity contribution is -0.120. The standard InChI is InChI=1S/C14H22N4O2/c1-3-9-16-13(19)8-10-17-14(20)11-6-5-7-12(18-11)15-4-2/h5-7H,3-4,8-10H2,1-2H3,(H,15,18)(H,16,19)(H,17,20). The van der Waals surface area contributed by atoms with Crippen molar-refractivity contribution < 1.29 is 9.59 Å². The lowest BCUT2D eigenvalue weighted by Crippen LogP contribution is -2.31. The molecule has 0 saturated carbocycles. The lowest BCUT2D eigenvalue weighted by Gasteiger charge is -2.07. The van der Waals surface area contributed by atoms with E-state index in [4.69, 9.17) is 0 Å². The van der Waals surface area contributed by atoms with E-state index in [2.05, 4.69) is 20.9 Å². The Balaban J connectivity index is 2.39. The van der Waals surface area contributed by atoms with Crippen molar-refractivity contribution in [1.29, 1.82) is 0 Å². The Bertz CT molecular complexity index is 449. The Labute approximate surface area is 119 Å². The van der Waals surface area contributed by atoms with Gasteiger partial charge in [0.2, 0.25) is 5.91 Å². The molecule has 1 aromatic heterocycles. The molecule has 0 aliphatic heterocycles. The highest BCUT2D eigenvalue weighted by Crippen LogP contribution is 2.04. The minimum Gasteiger partial charge on any atom is -0.370 e. The highest BCUT2D eigenvalue weighted by atomic mass is 16.2. The fourth-order valence-electron chi connectivity index (χ4n) is 1.57. The van der Waals surface area contributed by atoms with Crippen molar-refractivity contribution in [2.24, 2.45) is 0 Å². The van der Waals surface area contributed by atoms with Gasteiger partial charge in [0.25, 0.3) is 5.91 Å². The first kappa shape index (κ1) is 15.9. The van der Waals surface area contributed by atoms with Gasteiger partial charge in [-0.2, -0.15) is 0 Å². The third-order valence-corrected chi connectivity index (χ3v) is 2.55. The Morgan fingerprint density at radius 1 is 1.15 bits per heavy atom. The van der Waals surface area contributed by atoms with E-state index in [-0.39, 0.29) is 18.2 Å². The van der Waals surface area contributed by atoms with E-state index in [0.717, 1.165) is 13.0 Å². The number of hydrogen-bond acceptors (Lipinski definition) is 4. The second kappa shape index (κ2) is 8.90. The summed E-state index contributed by atoms with van der Waals surface area (Å²) >= 11 is 0. The van der Waals surface area contributed by atoms with Crippen molar-refractivity contribution in [3.05, 3.63) is 23.9 Å². The van der Waals surface area contributed by atoms with Crippen molar-refractivity contribution in [2.45, 2.75) is 26.7 Å². The molecule has 2 amide bonds. The molecule has 1 aromatic rings. The summed E-state index contributed by atoms with van der Waals surface area (Å²) in [6.07, 6.45) is 1.18. The Kier molecular flexibility index (Phi) is 7.10. The minimum absolute atomic E-state index is 0.0542. The average Bonchev–Trinajstić information content (AvgIpc) is 2.45. The minimum atomic E-state index is -0.270. The Morgan fingerprint density at radius 2 is 1.95 bits per heavy atom. The van der Waals surface area contributed by atoms with Crippen molar-refractivity contribution in [3.8, 4) is 0 Å². The quantitative estimate of drug-likeness (QED) is 0.666. The molecule has 0 saturated heterocycles. The average molecular weight is 278 g/mol. The number of aromatic nitrogens is 1. The van der Waals surface area contributed by atoms with Gasteiger partial charge >= 0.3 is 0 Å². The van der Waals surface area contributed by atoms with E-state index in [0.29, 0.717) is 24.6 Å². The van der Waals surface area contributed by atoms with E-state index in [9.17, 15) is 9.59 Å². The molecule has 0 unspecified atom stereocenters. The second-order valence-electron chi connectivity index (χ2n) is 4.29. The molecule has 0 bridgehead atoms. The van der Waals surface area contributed by atoms with Crippen LogP contribution in [-0.2, 0) is 4.79 Å². The summed E-state index contributed by atoms with van der Waals surface area (Å²) in [5.41, 5.74) is 0.345. The van der Waals surface area contributed by atoms with Gasteiger partial charge in [0.1, 0.15) is 11.5 Å². The normalized spacial score (nSPS) is 9.90. The highest BCUT2D eigenvalue weighted by molar-refractivity contribution is 5.92. The van der Waals surface area contributed by atoms with Crippen LogP contribution in [0.3, 0.4) is 0 Å². The maximum Gasteiger partial charge on any atom is 0.269 e. The van der Waals surface area contributed by atoms with Gasteiger partial charge in [-0.15, -0.1) is 0 Å². The molecule has 0 aliphatic carbocycles. The van der Waals surface area contributed by atoms with Crippen molar-refractivity contribution in [1.82, 2.24) is 15.6 Å². The summed E-state index contributed by atoms with van der Waals surface area (Å²) < 4.78 is 0. The van der Waals surface area contributed by atoms with Crippen LogP contribution in [0, 0.1) is 0 Å². The molecule has 1 rings (SSSR count). The molecule has 110 valence electrons. The number of pyridine rings is 1. The van der Waals surface area contributed by atoms with Gasteiger partial charge in [0.15, 0.2) is 0 Å². The number of nitrogens with zero attached hydrogens (tertiary/aromatic N) is 1. The van der Waals surface area contributed by atoms with E-state index >= 15 is 0 Å². The molecule has 0 atom stereocenters. The molecule has 0 fully saturated rings. The Morgan fingerprint density at radius 3 is 2.65 bits per heavy atom.